The van der Waals surface area contributed by atoms with Gasteiger partial charge in [0, 0.05) is 24.8 Å². The molecule has 0 aliphatic rings. The fourth-order valence-electron chi connectivity index (χ4n) is 1.81. The zero-order valence-electron chi connectivity index (χ0n) is 10.9. The molecule has 0 saturated heterocycles. The smallest absolute Gasteiger partial charge is 0.123 e. The van der Waals surface area contributed by atoms with E-state index in [9.17, 15) is 0 Å². The number of methoxy groups -OCH3 is 1. The number of aliphatic hydroxyl groups is 1. The molecule has 1 heterocycles. The molecule has 6 heteroatoms. The Bertz CT molecular complexity index is 513. The number of ether oxygens (including phenoxy) is 1. The van der Waals surface area contributed by atoms with Gasteiger partial charge in [-0.1, -0.05) is 23.4 Å². The average molecular weight is 262 g/mol. The van der Waals surface area contributed by atoms with Crippen molar-refractivity contribution in [3.8, 4) is 5.75 Å². The van der Waals surface area contributed by atoms with Gasteiger partial charge in [0.25, 0.3) is 0 Å². The first-order chi connectivity index (χ1) is 9.33. The van der Waals surface area contributed by atoms with Crippen LogP contribution in [0.3, 0.4) is 0 Å². The van der Waals surface area contributed by atoms with Gasteiger partial charge in [-0.05, 0) is 6.07 Å². The second kappa shape index (κ2) is 6.86. The minimum absolute atomic E-state index is 0.0669. The molecule has 19 heavy (non-hydrogen) atoms. The highest BCUT2D eigenvalue weighted by molar-refractivity contribution is 5.32. The Hall–Kier alpha value is -1.92. The molecule has 2 N–H and O–H groups in total. The highest BCUT2D eigenvalue weighted by Crippen LogP contribution is 2.16. The van der Waals surface area contributed by atoms with E-state index in [1.807, 2.05) is 30.5 Å². The van der Waals surface area contributed by atoms with E-state index in [-0.39, 0.29) is 6.61 Å². The van der Waals surface area contributed by atoms with Gasteiger partial charge in [0.1, 0.15) is 5.75 Å². The van der Waals surface area contributed by atoms with Gasteiger partial charge in [-0.2, -0.15) is 0 Å². The van der Waals surface area contributed by atoms with Crippen molar-refractivity contribution in [2.75, 3.05) is 13.7 Å². The Kier molecular flexibility index (Phi) is 4.88. The summed E-state index contributed by atoms with van der Waals surface area (Å²) in [6.45, 7) is 1.87. The molecule has 0 fully saturated rings. The third-order valence-corrected chi connectivity index (χ3v) is 2.73. The molecule has 102 valence electrons. The maximum atomic E-state index is 8.79. The van der Waals surface area contributed by atoms with Crippen LogP contribution in [0, 0.1) is 0 Å². The van der Waals surface area contributed by atoms with Crippen molar-refractivity contribution in [3.63, 3.8) is 0 Å². The molecule has 1 aromatic carbocycles. The summed E-state index contributed by atoms with van der Waals surface area (Å²) in [5.74, 6) is 0.874. The molecular weight excluding hydrogens is 244 g/mol. The molecule has 0 saturated carbocycles. The standard InChI is InChI=1S/C13H18N4O2/c1-19-13-5-3-2-4-11(13)8-14-9-12-10-17(6-7-18)16-15-12/h2-5,10,14,18H,6-9H2,1H3. The quantitative estimate of drug-likeness (QED) is 0.763. The van der Waals surface area contributed by atoms with Crippen molar-refractivity contribution in [1.29, 1.82) is 0 Å². The number of aromatic nitrogens is 3. The number of benzene rings is 1. The van der Waals surface area contributed by atoms with Gasteiger partial charge in [-0.15, -0.1) is 5.10 Å². The molecular formula is C13H18N4O2. The Morgan fingerprint density at radius 1 is 1.32 bits per heavy atom. The molecule has 2 rings (SSSR count). The van der Waals surface area contributed by atoms with Crippen LogP contribution in [0.4, 0.5) is 0 Å². The predicted molar refractivity (Wildman–Crippen MR) is 70.6 cm³/mol. The maximum absolute atomic E-state index is 8.79. The summed E-state index contributed by atoms with van der Waals surface area (Å²) in [4.78, 5) is 0. The Morgan fingerprint density at radius 2 is 2.16 bits per heavy atom. The summed E-state index contributed by atoms with van der Waals surface area (Å²) >= 11 is 0. The first kappa shape index (κ1) is 13.5. The lowest BCUT2D eigenvalue weighted by atomic mass is 10.2. The van der Waals surface area contributed by atoms with Crippen LogP contribution >= 0.6 is 0 Å². The Balaban J connectivity index is 1.85. The van der Waals surface area contributed by atoms with E-state index in [0.29, 0.717) is 19.6 Å². The van der Waals surface area contributed by atoms with Crippen LogP contribution in [-0.4, -0.2) is 33.8 Å². The number of nitrogens with one attached hydrogen (secondary N) is 1. The molecule has 6 nitrogen and oxygen atoms in total. The monoisotopic (exact) mass is 262 g/mol. The molecule has 0 bridgehead atoms. The summed E-state index contributed by atoms with van der Waals surface area (Å²) in [6.07, 6.45) is 1.82. The lowest BCUT2D eigenvalue weighted by Gasteiger charge is -2.08. The number of para-hydroxylation sites is 1. The largest absolute Gasteiger partial charge is 0.496 e. The van der Waals surface area contributed by atoms with Crippen LogP contribution in [0.5, 0.6) is 5.75 Å². The lowest BCUT2D eigenvalue weighted by Crippen LogP contribution is -2.13. The van der Waals surface area contributed by atoms with E-state index in [0.717, 1.165) is 17.0 Å². The summed E-state index contributed by atoms with van der Waals surface area (Å²) in [6, 6.07) is 7.89. The third-order valence-electron chi connectivity index (χ3n) is 2.73. The van der Waals surface area contributed by atoms with Crippen LogP contribution in [0.25, 0.3) is 0 Å². The fraction of sp³-hybridized carbons (Fsp3) is 0.385. The molecule has 0 spiro atoms. The number of hydrogen-bond donors (Lipinski definition) is 2. The number of rotatable bonds is 7. The van der Waals surface area contributed by atoms with E-state index in [1.165, 1.54) is 0 Å². The van der Waals surface area contributed by atoms with Crippen LogP contribution < -0.4 is 10.1 Å². The molecule has 1 aromatic heterocycles. The van der Waals surface area contributed by atoms with Gasteiger partial charge in [0.2, 0.25) is 0 Å². The molecule has 0 unspecified atom stereocenters. The number of nitrogens with zero attached hydrogens (tertiary/aromatic N) is 3. The summed E-state index contributed by atoms with van der Waals surface area (Å²) in [7, 11) is 1.67. The average Bonchev–Trinajstić information content (AvgIpc) is 2.87. The number of hydrogen-bond acceptors (Lipinski definition) is 5. The minimum atomic E-state index is 0.0669. The highest BCUT2D eigenvalue weighted by atomic mass is 16.5. The van der Waals surface area contributed by atoms with Crippen molar-refractivity contribution < 1.29 is 9.84 Å². The normalized spacial score (nSPS) is 10.6. The summed E-state index contributed by atoms with van der Waals surface area (Å²) in [5, 5.41) is 20.0. The van der Waals surface area contributed by atoms with E-state index in [2.05, 4.69) is 15.6 Å². The number of aliphatic hydroxyl groups excluding tert-OH is 1. The molecule has 0 aliphatic heterocycles. The Labute approximate surface area is 112 Å². The van der Waals surface area contributed by atoms with Crippen LogP contribution in [0.2, 0.25) is 0 Å². The van der Waals surface area contributed by atoms with Gasteiger partial charge >= 0.3 is 0 Å². The molecule has 0 radical (unpaired) electrons. The maximum Gasteiger partial charge on any atom is 0.123 e. The topological polar surface area (TPSA) is 72.2 Å². The predicted octanol–water partition coefficient (Wildman–Crippen LogP) is 0.569. The van der Waals surface area contributed by atoms with Crippen molar-refractivity contribution in [2.45, 2.75) is 19.6 Å². The molecule has 0 atom stereocenters. The zero-order valence-corrected chi connectivity index (χ0v) is 10.9. The van der Waals surface area contributed by atoms with E-state index in [4.69, 9.17) is 9.84 Å². The Morgan fingerprint density at radius 3 is 2.95 bits per heavy atom. The fourth-order valence-corrected chi connectivity index (χ4v) is 1.81. The van der Waals surface area contributed by atoms with Gasteiger partial charge in [0.15, 0.2) is 0 Å². The van der Waals surface area contributed by atoms with Crippen LogP contribution in [0.1, 0.15) is 11.3 Å². The van der Waals surface area contributed by atoms with Crippen LogP contribution in [0.15, 0.2) is 30.5 Å². The van der Waals surface area contributed by atoms with Gasteiger partial charge in [-0.25, -0.2) is 4.68 Å². The third kappa shape index (κ3) is 3.77. The van der Waals surface area contributed by atoms with Crippen molar-refractivity contribution in [1.82, 2.24) is 20.3 Å². The second-order valence-corrected chi connectivity index (χ2v) is 4.11. The van der Waals surface area contributed by atoms with Crippen molar-refractivity contribution in [2.24, 2.45) is 0 Å². The minimum Gasteiger partial charge on any atom is -0.496 e. The molecule has 0 aliphatic carbocycles. The summed E-state index contributed by atoms with van der Waals surface area (Å²) < 4.78 is 6.91. The van der Waals surface area contributed by atoms with Gasteiger partial charge < -0.3 is 15.2 Å². The lowest BCUT2D eigenvalue weighted by molar-refractivity contribution is 0.268. The highest BCUT2D eigenvalue weighted by Gasteiger charge is 2.03. The van der Waals surface area contributed by atoms with E-state index < -0.39 is 0 Å². The molecule has 2 aromatic rings. The SMILES string of the molecule is COc1ccccc1CNCc1cn(CCO)nn1. The second-order valence-electron chi connectivity index (χ2n) is 4.11. The van der Waals surface area contributed by atoms with E-state index >= 15 is 0 Å². The van der Waals surface area contributed by atoms with Gasteiger partial charge in [0.05, 0.1) is 26.0 Å². The first-order valence-electron chi connectivity index (χ1n) is 6.16. The van der Waals surface area contributed by atoms with E-state index in [1.54, 1.807) is 11.8 Å². The van der Waals surface area contributed by atoms with Crippen molar-refractivity contribution in [3.05, 3.63) is 41.7 Å². The van der Waals surface area contributed by atoms with Crippen LogP contribution in [-0.2, 0) is 19.6 Å². The summed E-state index contributed by atoms with van der Waals surface area (Å²) in [5.41, 5.74) is 1.95. The first-order valence-corrected chi connectivity index (χ1v) is 6.16. The van der Waals surface area contributed by atoms with Gasteiger partial charge in [-0.3, -0.25) is 0 Å². The van der Waals surface area contributed by atoms with Crippen molar-refractivity contribution >= 4 is 0 Å². The molecule has 0 amide bonds. The zero-order chi connectivity index (χ0) is 13.5.